The lowest BCUT2D eigenvalue weighted by atomic mass is 10.3. The van der Waals surface area contributed by atoms with Gasteiger partial charge in [0.25, 0.3) is 0 Å². The Morgan fingerprint density at radius 3 is 2.89 bits per heavy atom. The summed E-state index contributed by atoms with van der Waals surface area (Å²) in [6, 6.07) is 5.16. The van der Waals surface area contributed by atoms with Gasteiger partial charge in [-0.2, -0.15) is 4.98 Å². The molecule has 1 aromatic carbocycles. The van der Waals surface area contributed by atoms with Gasteiger partial charge in [-0.25, -0.2) is 15.2 Å². The van der Waals surface area contributed by atoms with E-state index >= 15 is 0 Å². The van der Waals surface area contributed by atoms with E-state index in [-0.39, 0.29) is 11.8 Å². The zero-order chi connectivity index (χ0) is 13.1. The van der Waals surface area contributed by atoms with Gasteiger partial charge < -0.3 is 5.32 Å². The average Bonchev–Trinajstić information content (AvgIpc) is 2.36. The molecule has 2 rings (SSSR count). The zero-order valence-corrected chi connectivity index (χ0v) is 11.3. The summed E-state index contributed by atoms with van der Waals surface area (Å²) in [7, 11) is 0. The standard InChI is InChI=1S/C10H8BrClFN5/c11-5-1-2-6(12)8(3-5)16-9-7(13)4-15-10(17-9)18-14/h1-4H,14H2,(H2,15,16,17,18). The van der Waals surface area contributed by atoms with Crippen molar-refractivity contribution in [1.29, 1.82) is 0 Å². The summed E-state index contributed by atoms with van der Waals surface area (Å²) in [4.78, 5) is 7.48. The molecule has 0 radical (unpaired) electrons. The predicted octanol–water partition coefficient (Wildman–Crippen LogP) is 3.06. The number of benzene rings is 1. The van der Waals surface area contributed by atoms with Gasteiger partial charge in [-0.1, -0.05) is 27.5 Å². The summed E-state index contributed by atoms with van der Waals surface area (Å²) in [6.45, 7) is 0. The molecular formula is C10H8BrClFN5. The number of anilines is 3. The lowest BCUT2D eigenvalue weighted by Gasteiger charge is -2.09. The molecule has 0 unspecified atom stereocenters. The molecule has 0 spiro atoms. The van der Waals surface area contributed by atoms with Crippen LogP contribution in [0.5, 0.6) is 0 Å². The van der Waals surface area contributed by atoms with Gasteiger partial charge in [0, 0.05) is 4.47 Å². The van der Waals surface area contributed by atoms with E-state index in [1.54, 1.807) is 18.2 Å². The highest BCUT2D eigenvalue weighted by atomic mass is 79.9. The highest BCUT2D eigenvalue weighted by Gasteiger charge is 2.09. The predicted molar refractivity (Wildman–Crippen MR) is 72.2 cm³/mol. The summed E-state index contributed by atoms with van der Waals surface area (Å²) >= 11 is 9.28. The van der Waals surface area contributed by atoms with E-state index in [1.807, 2.05) is 0 Å². The lowest BCUT2D eigenvalue weighted by molar-refractivity contribution is 0.619. The summed E-state index contributed by atoms with van der Waals surface area (Å²) in [5, 5.41) is 3.22. The van der Waals surface area contributed by atoms with Crippen molar-refractivity contribution in [3.05, 3.63) is 39.7 Å². The van der Waals surface area contributed by atoms with Gasteiger partial charge in [-0.3, -0.25) is 5.43 Å². The summed E-state index contributed by atoms with van der Waals surface area (Å²) in [5.74, 6) is 4.64. The van der Waals surface area contributed by atoms with Gasteiger partial charge >= 0.3 is 0 Å². The minimum Gasteiger partial charge on any atom is -0.336 e. The van der Waals surface area contributed by atoms with Crippen molar-refractivity contribution in [2.75, 3.05) is 10.7 Å². The maximum atomic E-state index is 13.5. The lowest BCUT2D eigenvalue weighted by Crippen LogP contribution is -2.12. The van der Waals surface area contributed by atoms with E-state index in [0.717, 1.165) is 10.7 Å². The third kappa shape index (κ3) is 2.87. The Hall–Kier alpha value is -1.44. The molecule has 4 N–H and O–H groups in total. The Balaban J connectivity index is 2.36. The Bertz CT molecular complexity index is 580. The van der Waals surface area contributed by atoms with Crippen LogP contribution in [-0.4, -0.2) is 9.97 Å². The first-order valence-corrected chi connectivity index (χ1v) is 5.98. The molecule has 0 aliphatic heterocycles. The van der Waals surface area contributed by atoms with Gasteiger partial charge in [0.05, 0.1) is 16.9 Å². The summed E-state index contributed by atoms with van der Waals surface area (Å²) < 4.78 is 14.3. The first-order chi connectivity index (χ1) is 8.60. The number of rotatable bonds is 3. The van der Waals surface area contributed by atoms with Crippen molar-refractivity contribution in [3.63, 3.8) is 0 Å². The monoisotopic (exact) mass is 331 g/mol. The van der Waals surface area contributed by atoms with Crippen LogP contribution in [0.15, 0.2) is 28.9 Å². The molecule has 0 bridgehead atoms. The fraction of sp³-hybridized carbons (Fsp3) is 0. The first kappa shape index (κ1) is 13.0. The molecule has 94 valence electrons. The van der Waals surface area contributed by atoms with Gasteiger partial charge in [-0.15, -0.1) is 0 Å². The van der Waals surface area contributed by atoms with Crippen LogP contribution in [0.2, 0.25) is 5.02 Å². The second kappa shape index (κ2) is 5.47. The molecule has 0 atom stereocenters. The minimum atomic E-state index is -0.606. The fourth-order valence-electron chi connectivity index (χ4n) is 1.25. The highest BCUT2D eigenvalue weighted by molar-refractivity contribution is 9.10. The van der Waals surface area contributed by atoms with E-state index in [2.05, 4.69) is 36.6 Å². The van der Waals surface area contributed by atoms with E-state index in [4.69, 9.17) is 17.4 Å². The number of nitrogen functional groups attached to an aromatic ring is 1. The number of nitrogens with zero attached hydrogens (tertiary/aromatic N) is 2. The van der Waals surface area contributed by atoms with E-state index in [1.165, 1.54) is 0 Å². The van der Waals surface area contributed by atoms with Crippen LogP contribution in [0.3, 0.4) is 0 Å². The van der Waals surface area contributed by atoms with Gasteiger partial charge in [0.15, 0.2) is 11.6 Å². The van der Waals surface area contributed by atoms with Crippen molar-refractivity contribution in [2.45, 2.75) is 0 Å². The van der Waals surface area contributed by atoms with Crippen LogP contribution in [0.1, 0.15) is 0 Å². The molecule has 0 amide bonds. The van der Waals surface area contributed by atoms with Crippen LogP contribution < -0.4 is 16.6 Å². The SMILES string of the molecule is NNc1ncc(F)c(Nc2cc(Br)ccc2Cl)n1. The Kier molecular flexibility index (Phi) is 3.95. The van der Waals surface area contributed by atoms with Crippen LogP contribution in [0.25, 0.3) is 0 Å². The smallest absolute Gasteiger partial charge is 0.239 e. The van der Waals surface area contributed by atoms with Crippen molar-refractivity contribution in [1.82, 2.24) is 9.97 Å². The van der Waals surface area contributed by atoms with Crippen LogP contribution >= 0.6 is 27.5 Å². The molecule has 8 heteroatoms. The molecular weight excluding hydrogens is 325 g/mol. The van der Waals surface area contributed by atoms with Gasteiger partial charge in [0.2, 0.25) is 5.95 Å². The van der Waals surface area contributed by atoms with Crippen molar-refractivity contribution in [2.24, 2.45) is 5.84 Å². The Labute approximate surface area is 116 Å². The number of halogens is 3. The van der Waals surface area contributed by atoms with E-state index < -0.39 is 5.82 Å². The zero-order valence-electron chi connectivity index (χ0n) is 8.92. The van der Waals surface area contributed by atoms with E-state index in [0.29, 0.717) is 10.7 Å². The molecule has 0 fully saturated rings. The average molecular weight is 333 g/mol. The molecule has 0 aliphatic rings. The fourth-order valence-corrected chi connectivity index (χ4v) is 1.77. The van der Waals surface area contributed by atoms with Crippen molar-refractivity contribution < 1.29 is 4.39 Å². The third-order valence-corrected chi connectivity index (χ3v) is 2.88. The maximum absolute atomic E-state index is 13.5. The van der Waals surface area contributed by atoms with Crippen LogP contribution in [0.4, 0.5) is 21.8 Å². The number of nitrogens with one attached hydrogen (secondary N) is 2. The number of hydrazine groups is 1. The first-order valence-electron chi connectivity index (χ1n) is 4.81. The summed E-state index contributed by atoms with van der Waals surface area (Å²) in [6.07, 6.45) is 1.01. The molecule has 18 heavy (non-hydrogen) atoms. The van der Waals surface area contributed by atoms with Gasteiger partial charge in [-0.05, 0) is 18.2 Å². The minimum absolute atomic E-state index is 0.0158. The molecule has 2 aromatic rings. The largest absolute Gasteiger partial charge is 0.336 e. The number of nitrogens with two attached hydrogens (primary N) is 1. The second-order valence-electron chi connectivity index (χ2n) is 3.28. The molecule has 0 saturated carbocycles. The van der Waals surface area contributed by atoms with Crippen LogP contribution in [0, 0.1) is 5.82 Å². The normalized spacial score (nSPS) is 10.2. The Morgan fingerprint density at radius 2 is 2.17 bits per heavy atom. The van der Waals surface area contributed by atoms with Crippen molar-refractivity contribution in [3.8, 4) is 0 Å². The molecule has 1 heterocycles. The molecule has 0 aliphatic carbocycles. The van der Waals surface area contributed by atoms with Crippen molar-refractivity contribution >= 4 is 45.0 Å². The third-order valence-electron chi connectivity index (χ3n) is 2.05. The van der Waals surface area contributed by atoms with Crippen LogP contribution in [-0.2, 0) is 0 Å². The topological polar surface area (TPSA) is 75.9 Å². The second-order valence-corrected chi connectivity index (χ2v) is 4.61. The molecule has 0 saturated heterocycles. The van der Waals surface area contributed by atoms with E-state index in [9.17, 15) is 4.39 Å². The molecule has 5 nitrogen and oxygen atoms in total. The highest BCUT2D eigenvalue weighted by Crippen LogP contribution is 2.28. The summed E-state index contributed by atoms with van der Waals surface area (Å²) in [5.41, 5.74) is 2.76. The number of hydrogen-bond acceptors (Lipinski definition) is 5. The quantitative estimate of drug-likeness (QED) is 0.595. The number of hydrogen-bond donors (Lipinski definition) is 3. The van der Waals surface area contributed by atoms with Gasteiger partial charge in [0.1, 0.15) is 0 Å². The maximum Gasteiger partial charge on any atom is 0.239 e. The number of aromatic nitrogens is 2. The molecule has 1 aromatic heterocycles. The Morgan fingerprint density at radius 1 is 1.39 bits per heavy atom.